The van der Waals surface area contributed by atoms with Gasteiger partial charge in [-0.15, -0.1) is 6.58 Å². The lowest BCUT2D eigenvalue weighted by Crippen LogP contribution is -2.55. The average molecular weight is 573 g/mol. The number of hydrogen-bond donors (Lipinski definition) is 0. The summed E-state index contributed by atoms with van der Waals surface area (Å²) in [6.45, 7) is 17.6. The first-order valence-electron chi connectivity index (χ1n) is 13.9. The predicted molar refractivity (Wildman–Crippen MR) is 162 cm³/mol. The van der Waals surface area contributed by atoms with E-state index in [1.165, 1.54) is 0 Å². The number of carbonyl (C=O) groups excluding carboxylic acids is 1. The van der Waals surface area contributed by atoms with Crippen LogP contribution >= 0.6 is 23.2 Å². The Hall–Kier alpha value is -1.59. The third-order valence-electron chi connectivity index (χ3n) is 9.20. The van der Waals surface area contributed by atoms with Gasteiger partial charge in [0.1, 0.15) is 0 Å². The summed E-state index contributed by atoms with van der Waals surface area (Å²) in [7, 11) is -1.91. The monoisotopic (exact) mass is 571 g/mol. The van der Waals surface area contributed by atoms with Crippen molar-refractivity contribution in [2.24, 2.45) is 5.41 Å². The van der Waals surface area contributed by atoms with Crippen molar-refractivity contribution < 1.29 is 9.22 Å². The lowest BCUT2D eigenvalue weighted by atomic mass is 9.67. The van der Waals surface area contributed by atoms with Gasteiger partial charge in [0.15, 0.2) is 8.32 Å². The highest BCUT2D eigenvalue weighted by molar-refractivity contribution is 6.74. The summed E-state index contributed by atoms with van der Waals surface area (Å²) in [5.41, 5.74) is 1.75. The molecule has 2 aliphatic rings. The van der Waals surface area contributed by atoms with Crippen molar-refractivity contribution in [2.75, 3.05) is 0 Å². The minimum atomic E-state index is -1.91. The zero-order valence-corrected chi connectivity index (χ0v) is 26.3. The van der Waals surface area contributed by atoms with E-state index in [0.717, 1.165) is 41.8 Å². The number of amides is 1. The van der Waals surface area contributed by atoms with E-state index >= 15 is 0 Å². The van der Waals surface area contributed by atoms with Crippen molar-refractivity contribution in [1.29, 1.82) is 0 Å². The molecule has 1 saturated heterocycles. The number of carbonyl (C=O) groups is 1. The molecule has 0 aromatic heterocycles. The van der Waals surface area contributed by atoms with Crippen molar-refractivity contribution in [2.45, 2.75) is 102 Å². The highest BCUT2D eigenvalue weighted by atomic mass is 35.5. The Kier molecular flexibility index (Phi) is 8.60. The van der Waals surface area contributed by atoms with Crippen LogP contribution in [0.3, 0.4) is 0 Å². The first-order valence-corrected chi connectivity index (χ1v) is 17.5. The van der Waals surface area contributed by atoms with Gasteiger partial charge in [-0.2, -0.15) is 0 Å². The van der Waals surface area contributed by atoms with E-state index in [2.05, 4.69) is 76.5 Å². The van der Waals surface area contributed by atoms with Gasteiger partial charge in [-0.25, -0.2) is 0 Å². The number of halogens is 2. The fourth-order valence-corrected chi connectivity index (χ4v) is 7.88. The van der Waals surface area contributed by atoms with Crippen LogP contribution < -0.4 is 0 Å². The molecule has 2 aromatic carbocycles. The normalized spacial score (nSPS) is 28.5. The molecular formula is C32H43Cl2NO2Si. The maximum Gasteiger partial charge on any atom is 0.229 e. The molecule has 4 rings (SSSR count). The van der Waals surface area contributed by atoms with E-state index in [0.29, 0.717) is 11.4 Å². The van der Waals surface area contributed by atoms with Gasteiger partial charge in [0, 0.05) is 28.1 Å². The largest absolute Gasteiger partial charge is 0.414 e. The van der Waals surface area contributed by atoms with Gasteiger partial charge in [-0.1, -0.05) is 81.2 Å². The molecular weight excluding hydrogens is 529 g/mol. The zero-order valence-electron chi connectivity index (χ0n) is 23.8. The van der Waals surface area contributed by atoms with Crippen LogP contribution in [0.25, 0.3) is 0 Å². The maximum absolute atomic E-state index is 14.5. The number of hydrogen-bond acceptors (Lipinski definition) is 2. The number of piperidine rings is 1. The Bertz CT molecular complexity index is 1160. The van der Waals surface area contributed by atoms with Crippen LogP contribution in [0.1, 0.15) is 82.9 Å². The van der Waals surface area contributed by atoms with Crippen LogP contribution in [0.15, 0.2) is 61.2 Å². The third kappa shape index (κ3) is 5.94. The van der Waals surface area contributed by atoms with E-state index in [-0.39, 0.29) is 35.1 Å². The molecule has 1 aliphatic carbocycles. The fourth-order valence-electron chi connectivity index (χ4n) is 6.16. The number of benzene rings is 2. The molecule has 206 valence electrons. The van der Waals surface area contributed by atoms with Crippen molar-refractivity contribution >= 4 is 37.4 Å². The smallest absolute Gasteiger partial charge is 0.229 e. The summed E-state index contributed by atoms with van der Waals surface area (Å²) in [4.78, 5) is 16.7. The van der Waals surface area contributed by atoms with Crippen LogP contribution in [0.2, 0.25) is 28.2 Å². The molecule has 0 N–H and O–H groups in total. The van der Waals surface area contributed by atoms with Crippen LogP contribution in [0.4, 0.5) is 0 Å². The second-order valence-electron chi connectivity index (χ2n) is 13.1. The second kappa shape index (κ2) is 11.1. The Morgan fingerprint density at radius 1 is 1.08 bits per heavy atom. The molecule has 3 nitrogen and oxygen atoms in total. The van der Waals surface area contributed by atoms with Crippen LogP contribution in [-0.2, 0) is 9.22 Å². The van der Waals surface area contributed by atoms with E-state index in [1.807, 2.05) is 30.3 Å². The molecule has 6 heteroatoms. The minimum absolute atomic E-state index is 0.0953. The molecule has 0 radical (unpaired) electrons. The Morgan fingerprint density at radius 3 is 2.37 bits per heavy atom. The molecule has 1 saturated carbocycles. The van der Waals surface area contributed by atoms with E-state index in [4.69, 9.17) is 27.6 Å². The third-order valence-corrected chi connectivity index (χ3v) is 14.2. The standard InChI is InChI=1S/C32H43Cl2NO2Si/c1-8-18-32(5)21-28(23-10-9-11-25(34)19-23)29(22-12-14-24(33)15-13-22)35(30(32)36)26-16-17-27(20-26)37-38(6,7)31(2,3)4/h8-15,19,26-29H,1,16-18,20-21H2,2-7H3/t26-,27-,28?,29+,32?/m0/s1. The van der Waals surface area contributed by atoms with E-state index in [9.17, 15) is 4.79 Å². The van der Waals surface area contributed by atoms with Gasteiger partial charge < -0.3 is 9.33 Å². The molecule has 0 spiro atoms. The first-order chi connectivity index (χ1) is 17.8. The van der Waals surface area contributed by atoms with Crippen LogP contribution in [0, 0.1) is 5.41 Å². The van der Waals surface area contributed by atoms with Gasteiger partial charge in [0.25, 0.3) is 0 Å². The maximum atomic E-state index is 14.5. The Balaban J connectivity index is 1.77. The van der Waals surface area contributed by atoms with Gasteiger partial charge in [0.05, 0.1) is 11.5 Å². The van der Waals surface area contributed by atoms with Crippen LogP contribution in [0.5, 0.6) is 0 Å². The number of allylic oxidation sites excluding steroid dienone is 1. The molecule has 1 aliphatic heterocycles. The summed E-state index contributed by atoms with van der Waals surface area (Å²) in [5.74, 6) is 0.312. The summed E-state index contributed by atoms with van der Waals surface area (Å²) in [6.07, 6.45) is 6.25. The SMILES string of the molecule is C=CCC1(C)CC(c2cccc(Cl)c2)[C@@H](c2ccc(Cl)cc2)N([C@H]2CC[C@H](O[Si](C)(C)C(C)(C)C)C2)C1=O. The first kappa shape index (κ1) is 29.4. The summed E-state index contributed by atoms with van der Waals surface area (Å²) < 4.78 is 6.85. The number of nitrogens with zero attached hydrogens (tertiary/aromatic N) is 1. The molecule has 2 unspecified atom stereocenters. The topological polar surface area (TPSA) is 29.5 Å². The molecule has 5 atom stereocenters. The highest BCUT2D eigenvalue weighted by Crippen LogP contribution is 2.53. The quantitative estimate of drug-likeness (QED) is 0.244. The van der Waals surface area contributed by atoms with Gasteiger partial charge in [0.2, 0.25) is 5.91 Å². The van der Waals surface area contributed by atoms with Crippen molar-refractivity contribution in [3.63, 3.8) is 0 Å². The summed E-state index contributed by atoms with van der Waals surface area (Å²) in [6, 6.07) is 16.2. The van der Waals surface area contributed by atoms with Crippen LogP contribution in [-0.4, -0.2) is 31.3 Å². The second-order valence-corrected chi connectivity index (χ2v) is 18.7. The van der Waals surface area contributed by atoms with Crippen molar-refractivity contribution in [3.05, 3.63) is 82.4 Å². The van der Waals surface area contributed by atoms with Crippen molar-refractivity contribution in [3.8, 4) is 0 Å². The average Bonchev–Trinajstić information content (AvgIpc) is 3.28. The highest BCUT2D eigenvalue weighted by Gasteiger charge is 2.52. The summed E-state index contributed by atoms with van der Waals surface area (Å²) >= 11 is 12.8. The predicted octanol–water partition coefficient (Wildman–Crippen LogP) is 9.58. The minimum Gasteiger partial charge on any atom is -0.414 e. The van der Waals surface area contributed by atoms with E-state index in [1.54, 1.807) is 0 Å². The zero-order chi connectivity index (χ0) is 27.9. The Morgan fingerprint density at radius 2 is 1.76 bits per heavy atom. The lowest BCUT2D eigenvalue weighted by molar-refractivity contribution is -0.154. The van der Waals surface area contributed by atoms with Gasteiger partial charge in [-0.05, 0) is 85.6 Å². The summed E-state index contributed by atoms with van der Waals surface area (Å²) in [5, 5.41) is 1.56. The Labute approximate surface area is 240 Å². The molecule has 0 bridgehead atoms. The van der Waals surface area contributed by atoms with Gasteiger partial charge in [-0.3, -0.25) is 4.79 Å². The van der Waals surface area contributed by atoms with E-state index < -0.39 is 13.7 Å². The number of rotatable bonds is 7. The fraction of sp³-hybridized carbons (Fsp3) is 0.531. The van der Waals surface area contributed by atoms with Gasteiger partial charge >= 0.3 is 0 Å². The molecule has 1 heterocycles. The lowest BCUT2D eigenvalue weighted by Gasteiger charge is -2.51. The molecule has 1 amide bonds. The molecule has 38 heavy (non-hydrogen) atoms. The molecule has 2 fully saturated rings. The number of likely N-dealkylation sites (tertiary alicyclic amines) is 1. The molecule has 2 aromatic rings. The van der Waals surface area contributed by atoms with Crippen molar-refractivity contribution in [1.82, 2.24) is 4.90 Å².